The first kappa shape index (κ1) is 79.9. The minimum Gasteiger partial charge on any atom is -0.497 e. The molecule has 18 nitrogen and oxygen atoms in total. The monoisotopic (exact) mass is 1420 g/mol. The van der Waals surface area contributed by atoms with Crippen LogP contribution in [0.4, 0.5) is 0 Å². The summed E-state index contributed by atoms with van der Waals surface area (Å²) in [5.74, 6) is 6.99. The van der Waals surface area contributed by atoms with Gasteiger partial charge in [0.15, 0.2) is 0 Å². The van der Waals surface area contributed by atoms with Crippen LogP contribution in [0.5, 0.6) is 46.0 Å². The Kier molecular flexibility index (Phi) is 34.7. The standard InChI is InChI=1S/2C22H29NO3.2C21H28N2O3/c2*1-25-21-9-6-7-18(15-21)11-12-19-8-2-3-10-22(19)26-17-20(24)16-23-13-4-5-14-23;2*1-25-20-7-4-5-17(13-20)9-10-18-6-2-3-8-21(18)26-15-19(24)14-23-12-11-22-16-23/h2*2-3,6-10,15,20,24H,4-5,11-14,16-17H2,1H3;2*2-8,13,19,22,24H,9-12,14-16H2,1H3/t2*20-;19-;/m100./s1. The summed E-state index contributed by atoms with van der Waals surface area (Å²) in [5, 5.41) is 47.5. The summed E-state index contributed by atoms with van der Waals surface area (Å²) in [4.78, 5) is 9.01. The van der Waals surface area contributed by atoms with Crippen LogP contribution in [0.1, 0.15) is 70.2 Å². The molecule has 8 aromatic carbocycles. The summed E-state index contributed by atoms with van der Waals surface area (Å²) in [5.41, 5.74) is 9.62. The number of benzene rings is 8. The fourth-order valence-electron chi connectivity index (χ4n) is 13.3. The summed E-state index contributed by atoms with van der Waals surface area (Å²) < 4.78 is 44.9. The van der Waals surface area contributed by atoms with Crippen LogP contribution in [-0.4, -0.2) is 211 Å². The number of β-amino-alcohol motifs (C(OH)–C–C–N with tert-alkyl or cyclic N) is 4. The first-order valence-electron chi connectivity index (χ1n) is 37.4. The quantitative estimate of drug-likeness (QED) is 0.0217. The van der Waals surface area contributed by atoms with E-state index in [1.807, 2.05) is 121 Å². The van der Waals surface area contributed by atoms with Crippen LogP contribution in [0.2, 0.25) is 0 Å². The summed E-state index contributed by atoms with van der Waals surface area (Å²) in [6.07, 6.45) is 10.3. The molecule has 4 saturated heterocycles. The number of para-hydroxylation sites is 4. The summed E-state index contributed by atoms with van der Waals surface area (Å²) in [6.45, 7) is 14.0. The third-order valence-electron chi connectivity index (χ3n) is 19.0. The van der Waals surface area contributed by atoms with Crippen molar-refractivity contribution in [3.05, 3.63) is 239 Å². The highest BCUT2D eigenvalue weighted by Gasteiger charge is 2.21. The molecule has 4 atom stereocenters. The van der Waals surface area contributed by atoms with Gasteiger partial charge in [0.25, 0.3) is 0 Å². The van der Waals surface area contributed by atoms with Crippen LogP contribution >= 0.6 is 0 Å². The lowest BCUT2D eigenvalue weighted by Gasteiger charge is -2.20. The van der Waals surface area contributed by atoms with Crippen LogP contribution in [-0.2, 0) is 51.4 Å². The Bertz CT molecular complexity index is 3210. The van der Waals surface area contributed by atoms with Crippen molar-refractivity contribution >= 4 is 0 Å². The van der Waals surface area contributed by atoms with Crippen molar-refractivity contribution in [1.82, 2.24) is 30.2 Å². The highest BCUT2D eigenvalue weighted by molar-refractivity contribution is 5.40. The molecule has 0 spiro atoms. The van der Waals surface area contributed by atoms with Crippen LogP contribution in [0.25, 0.3) is 0 Å². The van der Waals surface area contributed by atoms with Gasteiger partial charge >= 0.3 is 0 Å². The lowest BCUT2D eigenvalue weighted by Crippen LogP contribution is -2.34. The van der Waals surface area contributed by atoms with Crippen molar-refractivity contribution in [2.45, 2.75) is 101 Å². The van der Waals surface area contributed by atoms with Crippen molar-refractivity contribution in [1.29, 1.82) is 0 Å². The predicted octanol–water partition coefficient (Wildman–Crippen LogP) is 10.8. The van der Waals surface area contributed by atoms with Crippen molar-refractivity contribution < 1.29 is 58.3 Å². The van der Waals surface area contributed by atoms with Gasteiger partial charge in [0.2, 0.25) is 0 Å². The molecule has 0 bridgehead atoms. The molecule has 1 unspecified atom stereocenters. The third-order valence-corrected chi connectivity index (χ3v) is 19.0. The Balaban J connectivity index is 0.000000161. The van der Waals surface area contributed by atoms with E-state index in [2.05, 4.69) is 103 Å². The fourth-order valence-corrected chi connectivity index (χ4v) is 13.3. The smallest absolute Gasteiger partial charge is 0.122 e. The zero-order chi connectivity index (χ0) is 72.8. The number of likely N-dealkylation sites (tertiary alicyclic amines) is 2. The SMILES string of the molecule is COc1cccc(CCc2ccccc2OCC(O)CN2CCNC2)c1.COc1cccc(CCc2ccccc2OC[C@@H](O)CN2CCCC2)c1.COc1cccc(CCc2ccccc2OC[C@@H](O)CN2CCNC2)c1.COc1cccc(CCc2ccccc2OC[C@H](O)CN2CCCC2)c1. The number of aliphatic hydroxyl groups is 4. The maximum Gasteiger partial charge on any atom is 0.122 e. The molecule has 0 radical (unpaired) electrons. The van der Waals surface area contributed by atoms with E-state index in [0.717, 1.165) is 174 Å². The van der Waals surface area contributed by atoms with Gasteiger partial charge in [-0.25, -0.2) is 0 Å². The molecule has 0 aromatic heterocycles. The van der Waals surface area contributed by atoms with E-state index in [0.29, 0.717) is 52.6 Å². The molecule has 4 aliphatic rings. The Hall–Kier alpha value is -8.24. The molecule has 0 aliphatic carbocycles. The average Bonchev–Trinajstić information content (AvgIpc) is 1.06. The molecular formula is C86H114N6O12. The van der Waals surface area contributed by atoms with E-state index in [-0.39, 0.29) is 0 Å². The number of hydrogen-bond acceptors (Lipinski definition) is 18. The minimum atomic E-state index is -0.485. The van der Waals surface area contributed by atoms with Crippen LogP contribution in [0, 0.1) is 0 Å². The zero-order valence-electron chi connectivity index (χ0n) is 61.8. The molecule has 0 amide bonds. The minimum absolute atomic E-state index is 0.312. The van der Waals surface area contributed by atoms with Crippen LogP contribution in [0.3, 0.4) is 0 Å². The van der Waals surface area contributed by atoms with Gasteiger partial charge in [-0.05, 0) is 221 Å². The molecule has 18 heteroatoms. The molecule has 12 rings (SSSR count). The van der Waals surface area contributed by atoms with Gasteiger partial charge in [-0.2, -0.15) is 0 Å². The van der Waals surface area contributed by atoms with Crippen LogP contribution < -0.4 is 48.5 Å². The largest absolute Gasteiger partial charge is 0.497 e. The molecular weight excluding hydrogens is 1310 g/mol. The van der Waals surface area contributed by atoms with Gasteiger partial charge in [-0.3, -0.25) is 9.80 Å². The van der Waals surface area contributed by atoms with Gasteiger partial charge in [0.05, 0.1) is 28.4 Å². The van der Waals surface area contributed by atoms with Crippen molar-refractivity contribution in [2.24, 2.45) is 0 Å². The Morgan fingerprint density at radius 3 is 0.788 bits per heavy atom. The Morgan fingerprint density at radius 2 is 0.548 bits per heavy atom. The molecule has 8 aromatic rings. The second-order valence-corrected chi connectivity index (χ2v) is 27.2. The van der Waals surface area contributed by atoms with E-state index < -0.39 is 24.4 Å². The zero-order valence-corrected chi connectivity index (χ0v) is 61.8. The third kappa shape index (κ3) is 28.7. The van der Waals surface area contributed by atoms with E-state index in [1.54, 1.807) is 28.4 Å². The molecule has 560 valence electrons. The molecule has 6 N–H and O–H groups in total. The summed E-state index contributed by atoms with van der Waals surface area (Å²) in [7, 11) is 6.75. The molecule has 4 fully saturated rings. The maximum atomic E-state index is 10.2. The Morgan fingerprint density at radius 1 is 0.298 bits per heavy atom. The summed E-state index contributed by atoms with van der Waals surface area (Å²) in [6, 6.07) is 65.0. The maximum absolute atomic E-state index is 10.2. The second kappa shape index (κ2) is 45.2. The number of aliphatic hydroxyl groups excluding tert-OH is 4. The topological polar surface area (TPSA) is 192 Å². The van der Waals surface area contributed by atoms with E-state index in [9.17, 15) is 20.4 Å². The summed E-state index contributed by atoms with van der Waals surface area (Å²) >= 11 is 0. The predicted molar refractivity (Wildman–Crippen MR) is 414 cm³/mol. The van der Waals surface area contributed by atoms with Gasteiger partial charge in [0, 0.05) is 65.7 Å². The van der Waals surface area contributed by atoms with Gasteiger partial charge in [-0.15, -0.1) is 0 Å². The van der Waals surface area contributed by atoms with Crippen molar-refractivity contribution in [2.75, 3.05) is 147 Å². The molecule has 4 aliphatic heterocycles. The van der Waals surface area contributed by atoms with Crippen LogP contribution in [0.15, 0.2) is 194 Å². The first-order chi connectivity index (χ1) is 51.0. The lowest BCUT2D eigenvalue weighted by atomic mass is 10.0. The number of methoxy groups -OCH3 is 4. The highest BCUT2D eigenvalue weighted by atomic mass is 16.5. The molecule has 4 heterocycles. The number of aryl methyl sites for hydroxylation is 8. The number of ether oxygens (including phenoxy) is 8. The number of rotatable bonds is 36. The second-order valence-electron chi connectivity index (χ2n) is 27.2. The average molecular weight is 1420 g/mol. The van der Waals surface area contributed by atoms with Gasteiger partial charge in [-0.1, -0.05) is 121 Å². The lowest BCUT2D eigenvalue weighted by molar-refractivity contribution is 0.0750. The Labute approximate surface area is 618 Å². The number of hydrogen-bond donors (Lipinski definition) is 6. The van der Waals surface area contributed by atoms with E-state index >= 15 is 0 Å². The normalized spacial score (nSPS) is 15.8. The fraction of sp³-hybridized carbons (Fsp3) is 0.442. The molecule has 0 saturated carbocycles. The van der Waals surface area contributed by atoms with E-state index in [1.165, 1.54) is 59.1 Å². The molecule has 104 heavy (non-hydrogen) atoms. The number of nitrogens with one attached hydrogen (secondary N) is 2. The van der Waals surface area contributed by atoms with Gasteiger partial charge in [0.1, 0.15) is 96.8 Å². The van der Waals surface area contributed by atoms with Crippen molar-refractivity contribution in [3.63, 3.8) is 0 Å². The van der Waals surface area contributed by atoms with Crippen molar-refractivity contribution in [3.8, 4) is 46.0 Å². The van der Waals surface area contributed by atoms with E-state index in [4.69, 9.17) is 37.9 Å². The first-order valence-corrected chi connectivity index (χ1v) is 37.4. The van der Waals surface area contributed by atoms with Gasteiger partial charge < -0.3 is 78.8 Å². The highest BCUT2D eigenvalue weighted by Crippen LogP contribution is 2.27. The number of nitrogens with zero attached hydrogens (tertiary/aromatic N) is 4.